The monoisotopic (exact) mass is 932 g/mol. The third-order valence-electron chi connectivity index (χ3n) is 17.9. The van der Waals surface area contributed by atoms with E-state index in [0.29, 0.717) is 29.4 Å². The summed E-state index contributed by atoms with van der Waals surface area (Å²) < 4.78 is 14.7. The topological polar surface area (TPSA) is 92.9 Å². The summed E-state index contributed by atoms with van der Waals surface area (Å²) in [4.78, 5) is 31.8. The highest BCUT2D eigenvalue weighted by Crippen LogP contribution is 2.66. The molecule has 71 heavy (non-hydrogen) atoms. The van der Waals surface area contributed by atoms with Gasteiger partial charge in [-0.3, -0.25) is 4.79 Å². The highest BCUT2D eigenvalue weighted by molar-refractivity contribution is 5.97. The fourth-order valence-electron chi connectivity index (χ4n) is 14.5. The predicted molar refractivity (Wildman–Crippen MR) is 286 cm³/mol. The summed E-state index contributed by atoms with van der Waals surface area (Å²) in [7, 11) is 0. The van der Waals surface area contributed by atoms with Crippen molar-refractivity contribution in [2.75, 3.05) is 0 Å². The van der Waals surface area contributed by atoms with E-state index in [-0.39, 0.29) is 22.9 Å². The van der Waals surface area contributed by atoms with E-state index >= 15 is 0 Å². The molecule has 0 radical (unpaired) electrons. The molecule has 1 unspecified atom stereocenters. The lowest BCUT2D eigenvalue weighted by Gasteiger charge is -2.58. The summed E-state index contributed by atoms with van der Waals surface area (Å²) >= 11 is 0. The van der Waals surface area contributed by atoms with E-state index in [1.807, 2.05) is 13.0 Å². The molecule has 3 fully saturated rings. The van der Waals surface area contributed by atoms with Gasteiger partial charge in [-0.2, -0.15) is 0 Å². The van der Waals surface area contributed by atoms with Crippen LogP contribution in [0.2, 0.25) is 0 Å². The van der Waals surface area contributed by atoms with Crippen LogP contribution in [-0.4, -0.2) is 31.8 Å². The molecule has 8 atom stereocenters. The van der Waals surface area contributed by atoms with Crippen LogP contribution in [0, 0.1) is 34.5 Å². The second-order valence-corrected chi connectivity index (χ2v) is 21.5. The predicted octanol–water partition coefficient (Wildman–Crippen LogP) is 15.8. The van der Waals surface area contributed by atoms with Gasteiger partial charge in [0, 0.05) is 39.2 Å². The molecule has 4 aliphatic carbocycles. The van der Waals surface area contributed by atoms with E-state index in [1.54, 1.807) is 5.57 Å². The SMILES string of the molecule is CC(=O)[C@H]1CC[C@H]2[C@@H]3CC=C4C[C@@H](OC5Oc6nc5c(-c5ccccc5)c5ccc([nH]5)c(-c5ccccc5)c5nc(c(-c7ccccc7)c7ccc([nH]7)c6-c6ccccc6)C=C5)CC[C@]4(C)[C@H]3CC[C@]12C. The van der Waals surface area contributed by atoms with Gasteiger partial charge in [-0.05, 0) is 146 Å². The van der Waals surface area contributed by atoms with Gasteiger partial charge in [-0.25, -0.2) is 9.97 Å². The minimum Gasteiger partial charge on any atom is -0.441 e. The summed E-state index contributed by atoms with van der Waals surface area (Å²) in [6.45, 7) is 6.83. The second-order valence-electron chi connectivity index (χ2n) is 21.5. The van der Waals surface area contributed by atoms with Gasteiger partial charge in [-0.15, -0.1) is 0 Å². The normalized spacial score (nSPS) is 26.4. The summed E-state index contributed by atoms with van der Waals surface area (Å²) in [5, 5.41) is 0. The van der Waals surface area contributed by atoms with Crippen LogP contribution >= 0.6 is 0 Å². The van der Waals surface area contributed by atoms with Gasteiger partial charge >= 0.3 is 0 Å². The number of hydrogen-bond donors (Lipinski definition) is 2. The van der Waals surface area contributed by atoms with E-state index in [0.717, 1.165) is 122 Å². The highest BCUT2D eigenvalue weighted by Gasteiger charge is 2.59. The maximum Gasteiger partial charge on any atom is 0.246 e. The smallest absolute Gasteiger partial charge is 0.246 e. The highest BCUT2D eigenvalue weighted by atomic mass is 16.7. The maximum absolute atomic E-state index is 12.9. The summed E-state index contributed by atoms with van der Waals surface area (Å²) in [5.41, 5.74) is 15.9. The number of allylic oxidation sites excluding steroid dienone is 1. The van der Waals surface area contributed by atoms with Gasteiger partial charge in [0.15, 0.2) is 0 Å². The summed E-state index contributed by atoms with van der Waals surface area (Å²) in [5.74, 6) is 3.00. The molecular formula is C64H60N4O3. The average molecular weight is 933 g/mol. The Labute approximate surface area is 416 Å². The number of rotatable bonds is 7. The number of aromatic nitrogens is 4. The number of hydrogen-bond acceptors (Lipinski definition) is 5. The van der Waals surface area contributed by atoms with Crippen molar-refractivity contribution in [1.29, 1.82) is 0 Å². The third kappa shape index (κ3) is 7.37. The van der Waals surface area contributed by atoms with Crippen LogP contribution in [0.25, 0.3) is 78.7 Å². The van der Waals surface area contributed by atoms with E-state index < -0.39 is 6.29 Å². The van der Waals surface area contributed by atoms with Gasteiger partial charge < -0.3 is 19.4 Å². The van der Waals surface area contributed by atoms with Crippen LogP contribution in [0.4, 0.5) is 0 Å². The minimum atomic E-state index is -0.789. The van der Waals surface area contributed by atoms with Crippen molar-refractivity contribution in [3.63, 3.8) is 0 Å². The van der Waals surface area contributed by atoms with Crippen molar-refractivity contribution in [2.45, 2.75) is 84.5 Å². The largest absolute Gasteiger partial charge is 0.441 e. The van der Waals surface area contributed by atoms with Crippen LogP contribution in [0.15, 0.2) is 157 Å². The zero-order valence-corrected chi connectivity index (χ0v) is 40.8. The molecule has 13 rings (SSSR count). The first-order valence-corrected chi connectivity index (χ1v) is 26.0. The molecule has 5 heterocycles. The van der Waals surface area contributed by atoms with Crippen LogP contribution in [-0.2, 0) is 9.53 Å². The number of nitrogens with one attached hydrogen (secondary N) is 2. The first kappa shape index (κ1) is 43.9. The van der Waals surface area contributed by atoms with Crippen LogP contribution in [0.3, 0.4) is 0 Å². The Morgan fingerprint density at radius 3 is 1.68 bits per heavy atom. The Morgan fingerprint density at radius 2 is 1.11 bits per heavy atom. The number of fused-ring (bicyclic) bond motifs is 13. The van der Waals surface area contributed by atoms with Crippen molar-refractivity contribution >= 4 is 40.0 Å². The van der Waals surface area contributed by atoms with Gasteiger partial charge in [0.05, 0.1) is 28.6 Å². The van der Waals surface area contributed by atoms with E-state index in [4.69, 9.17) is 19.4 Å². The summed E-state index contributed by atoms with van der Waals surface area (Å²) in [6, 6.07) is 50.7. The lowest BCUT2D eigenvalue weighted by molar-refractivity contribution is -0.135. The summed E-state index contributed by atoms with van der Waals surface area (Å²) in [6.07, 6.45) is 14.6. The number of ketones is 1. The van der Waals surface area contributed by atoms with E-state index in [9.17, 15) is 4.79 Å². The number of aromatic amines is 2. The molecule has 8 bridgehead atoms. The van der Waals surface area contributed by atoms with Gasteiger partial charge in [-0.1, -0.05) is 147 Å². The molecule has 0 amide bonds. The molecule has 354 valence electrons. The maximum atomic E-state index is 12.9. The molecule has 7 nitrogen and oxygen atoms in total. The standard InChI is InChI=1S/C64H60N4O3/c1-39(69)47-26-27-48-46-25-24-44-38-45(34-36-63(44,2)49(46)35-37-64(47,48)3)70-62-60-58(42-20-12-6-13-21-42)54-32-30-52(66-54)56(40-16-8-4-9-17-40)50-28-29-51(65-50)57(41-18-10-5-11-19-41)53-31-33-55(67-53)59(61(68-60)71-62)43-22-14-7-15-23-43/h4-24,28-33,45-49,62,66-67H,25-27,34-38H2,1-3H3/t45-,46-,47+,48-,49-,62?,63-,64+/m0/s1. The molecular weight excluding hydrogens is 873 g/mol. The number of Topliss-reactive ketones (excluding diaryl/α,β-unsaturated/α-hetero) is 1. The zero-order chi connectivity index (χ0) is 47.8. The molecule has 4 aromatic carbocycles. The molecule has 6 aliphatic rings. The third-order valence-corrected chi connectivity index (χ3v) is 17.9. The minimum absolute atomic E-state index is 0.0659. The van der Waals surface area contributed by atoms with Gasteiger partial charge in [0.25, 0.3) is 0 Å². The number of carbonyl (C=O) groups excluding carboxylic acids is 1. The van der Waals surface area contributed by atoms with E-state index in [1.165, 1.54) is 12.8 Å². The average Bonchev–Trinajstić information content (AvgIpc) is 4.27. The molecule has 2 aliphatic heterocycles. The van der Waals surface area contributed by atoms with Crippen LogP contribution in [0.1, 0.15) is 95.5 Å². The number of nitrogens with zero attached hydrogens (tertiary/aromatic N) is 2. The van der Waals surface area contributed by atoms with Gasteiger partial charge in [0.2, 0.25) is 12.2 Å². The van der Waals surface area contributed by atoms with Gasteiger partial charge in [0.1, 0.15) is 11.5 Å². The Morgan fingerprint density at radius 1 is 0.592 bits per heavy atom. The molecule has 0 saturated heterocycles. The quantitative estimate of drug-likeness (QED) is 0.155. The number of benzene rings is 4. The Kier molecular flexibility index (Phi) is 10.7. The van der Waals surface area contributed by atoms with E-state index in [2.05, 4.69) is 182 Å². The number of carbonyl (C=O) groups is 1. The molecule has 7 aromatic rings. The first-order valence-electron chi connectivity index (χ1n) is 26.0. The Balaban J connectivity index is 0.999. The lowest BCUT2D eigenvalue weighted by atomic mass is 9.47. The first-order chi connectivity index (χ1) is 34.7. The van der Waals surface area contributed by atoms with Crippen LogP contribution in [0.5, 0.6) is 5.88 Å². The van der Waals surface area contributed by atoms with Crippen molar-refractivity contribution < 1.29 is 14.3 Å². The molecule has 3 saturated carbocycles. The van der Waals surface area contributed by atoms with Crippen molar-refractivity contribution in [1.82, 2.24) is 19.9 Å². The second kappa shape index (κ2) is 17.3. The Bertz CT molecular complexity index is 3430. The zero-order valence-electron chi connectivity index (χ0n) is 40.8. The molecule has 7 heteroatoms. The van der Waals surface area contributed by atoms with Crippen molar-refractivity contribution in [3.05, 3.63) is 174 Å². The lowest BCUT2D eigenvalue weighted by Crippen LogP contribution is -2.51. The van der Waals surface area contributed by atoms with Crippen molar-refractivity contribution in [3.8, 4) is 50.4 Å². The fraction of sp³-hybridized carbons (Fsp3) is 0.297. The molecule has 2 N–H and O–H groups in total. The molecule has 0 spiro atoms. The van der Waals surface area contributed by atoms with Crippen molar-refractivity contribution in [2.24, 2.45) is 34.5 Å². The Hall–Kier alpha value is -7.09. The fourth-order valence-corrected chi connectivity index (χ4v) is 14.5. The number of H-pyrrole nitrogens is 2. The van der Waals surface area contributed by atoms with Crippen LogP contribution < -0.4 is 4.74 Å². The molecule has 3 aromatic heterocycles. The number of ether oxygens (including phenoxy) is 2.